The molecule has 1 atom stereocenters. The Kier molecular flexibility index (Phi) is 4.43. The summed E-state index contributed by atoms with van der Waals surface area (Å²) in [6, 6.07) is 5.65. The number of benzene rings is 1. The number of hydrogen-bond donors (Lipinski definition) is 0. The zero-order chi connectivity index (χ0) is 17.5. The fourth-order valence-electron chi connectivity index (χ4n) is 3.14. The minimum atomic E-state index is -3.76. The van der Waals surface area contributed by atoms with Gasteiger partial charge in [-0.1, -0.05) is 0 Å². The van der Waals surface area contributed by atoms with E-state index in [1.54, 1.807) is 17.0 Å². The molecule has 24 heavy (non-hydrogen) atoms. The molecule has 1 amide bonds. The Morgan fingerprint density at radius 3 is 2.38 bits per heavy atom. The van der Waals surface area contributed by atoms with Gasteiger partial charge in [0.1, 0.15) is 0 Å². The van der Waals surface area contributed by atoms with Crippen LogP contribution in [0.25, 0.3) is 0 Å². The van der Waals surface area contributed by atoms with Crippen LogP contribution in [0.1, 0.15) is 19.3 Å². The number of carbonyl (C=O) groups is 1. The maximum atomic E-state index is 12.7. The molecule has 1 aromatic rings. The van der Waals surface area contributed by atoms with Gasteiger partial charge >= 0.3 is 0 Å². The molecular formula is C15H20N2O5S2. The van der Waals surface area contributed by atoms with E-state index in [4.69, 9.17) is 0 Å². The topological polar surface area (TPSA) is 91.8 Å². The summed E-state index contributed by atoms with van der Waals surface area (Å²) < 4.78 is 49.6. The van der Waals surface area contributed by atoms with Gasteiger partial charge < -0.3 is 4.90 Å². The highest BCUT2D eigenvalue weighted by Gasteiger charge is 2.36. The molecule has 3 rings (SSSR count). The van der Waals surface area contributed by atoms with E-state index >= 15 is 0 Å². The lowest BCUT2D eigenvalue weighted by Crippen LogP contribution is -2.37. The number of anilines is 1. The minimum absolute atomic E-state index is 0.0214. The lowest BCUT2D eigenvalue weighted by Gasteiger charge is -2.23. The van der Waals surface area contributed by atoms with E-state index in [0.717, 1.165) is 10.7 Å². The van der Waals surface area contributed by atoms with Gasteiger partial charge in [-0.05, 0) is 37.1 Å². The Morgan fingerprint density at radius 1 is 1.21 bits per heavy atom. The predicted molar refractivity (Wildman–Crippen MR) is 90.0 cm³/mol. The third-order valence-electron chi connectivity index (χ3n) is 4.62. The normalized spacial score (nSPS) is 24.0. The average Bonchev–Trinajstić information content (AvgIpc) is 3.12. The van der Waals surface area contributed by atoms with Gasteiger partial charge in [0.25, 0.3) is 0 Å². The number of rotatable bonds is 4. The van der Waals surface area contributed by atoms with E-state index in [1.807, 2.05) is 0 Å². The van der Waals surface area contributed by atoms with Crippen molar-refractivity contribution in [2.45, 2.75) is 30.2 Å². The predicted octanol–water partition coefficient (Wildman–Crippen LogP) is 0.621. The molecule has 0 N–H and O–H groups in total. The molecule has 0 unspecified atom stereocenters. The fourth-order valence-corrected chi connectivity index (χ4v) is 6.40. The summed E-state index contributed by atoms with van der Waals surface area (Å²) >= 11 is 0. The van der Waals surface area contributed by atoms with Crippen LogP contribution >= 0.6 is 0 Å². The van der Waals surface area contributed by atoms with Crippen LogP contribution in [-0.2, 0) is 24.7 Å². The molecule has 2 aliphatic rings. The first kappa shape index (κ1) is 17.4. The van der Waals surface area contributed by atoms with Crippen LogP contribution in [0.4, 0.5) is 5.69 Å². The van der Waals surface area contributed by atoms with Crippen LogP contribution in [0.3, 0.4) is 0 Å². The molecule has 0 bridgehead atoms. The van der Waals surface area contributed by atoms with Crippen LogP contribution in [0.2, 0.25) is 0 Å². The van der Waals surface area contributed by atoms with Crippen LogP contribution in [0, 0.1) is 0 Å². The van der Waals surface area contributed by atoms with Crippen molar-refractivity contribution in [3.8, 4) is 0 Å². The van der Waals surface area contributed by atoms with E-state index in [0.29, 0.717) is 25.1 Å². The van der Waals surface area contributed by atoms with Crippen LogP contribution in [0.15, 0.2) is 29.2 Å². The van der Waals surface area contributed by atoms with Crippen molar-refractivity contribution in [1.29, 1.82) is 0 Å². The van der Waals surface area contributed by atoms with Gasteiger partial charge in [-0.2, -0.15) is 4.31 Å². The smallest absolute Gasteiger partial charge is 0.243 e. The highest BCUT2D eigenvalue weighted by molar-refractivity contribution is 7.92. The molecule has 0 spiro atoms. The van der Waals surface area contributed by atoms with E-state index in [2.05, 4.69) is 0 Å². The van der Waals surface area contributed by atoms with Crippen LogP contribution in [-0.4, -0.2) is 58.2 Å². The van der Waals surface area contributed by atoms with Crippen molar-refractivity contribution in [2.75, 3.05) is 30.0 Å². The molecule has 2 heterocycles. The second kappa shape index (κ2) is 6.12. The van der Waals surface area contributed by atoms with Crippen molar-refractivity contribution in [1.82, 2.24) is 4.31 Å². The molecule has 1 aromatic carbocycles. The maximum absolute atomic E-state index is 12.7. The van der Waals surface area contributed by atoms with E-state index in [-0.39, 0.29) is 22.3 Å². The van der Waals surface area contributed by atoms with E-state index in [9.17, 15) is 21.6 Å². The summed E-state index contributed by atoms with van der Waals surface area (Å²) in [4.78, 5) is 13.5. The van der Waals surface area contributed by atoms with Gasteiger partial charge in [0.2, 0.25) is 15.9 Å². The summed E-state index contributed by atoms with van der Waals surface area (Å²) in [6.45, 7) is 0.644. The number of sulfone groups is 1. The summed E-state index contributed by atoms with van der Waals surface area (Å²) in [5, 5.41) is 0. The second-order valence-corrected chi connectivity index (χ2v) is 10.4. The van der Waals surface area contributed by atoms with Crippen molar-refractivity contribution in [3.63, 3.8) is 0 Å². The van der Waals surface area contributed by atoms with Crippen LogP contribution < -0.4 is 4.90 Å². The Morgan fingerprint density at radius 2 is 1.88 bits per heavy atom. The standard InChI is InChI=1S/C15H20N2O5S2/c1-16(13-8-10-23(19,20)11-13)24(21,22)14-6-4-12(5-7-14)17-9-2-3-15(17)18/h4-7,13H,2-3,8-11H2,1H3/t13-/m1/s1. The molecule has 9 heteroatoms. The minimum Gasteiger partial charge on any atom is -0.312 e. The summed E-state index contributed by atoms with van der Waals surface area (Å²) in [6.07, 6.45) is 1.63. The summed E-state index contributed by atoms with van der Waals surface area (Å²) in [5.41, 5.74) is 0.683. The highest BCUT2D eigenvalue weighted by Crippen LogP contribution is 2.26. The number of amides is 1. The SMILES string of the molecule is CN([C@@H]1CCS(=O)(=O)C1)S(=O)(=O)c1ccc(N2CCCC2=O)cc1. The van der Waals surface area contributed by atoms with Gasteiger partial charge in [0, 0.05) is 31.7 Å². The Balaban J connectivity index is 1.81. The molecule has 0 radical (unpaired) electrons. The molecular weight excluding hydrogens is 352 g/mol. The van der Waals surface area contributed by atoms with Gasteiger partial charge in [0.15, 0.2) is 9.84 Å². The molecule has 0 aromatic heterocycles. The van der Waals surface area contributed by atoms with Crippen molar-refractivity contribution < 1.29 is 21.6 Å². The first-order chi connectivity index (χ1) is 11.2. The van der Waals surface area contributed by atoms with Gasteiger partial charge in [-0.3, -0.25) is 4.79 Å². The number of carbonyl (C=O) groups excluding carboxylic acids is 1. The van der Waals surface area contributed by atoms with Gasteiger partial charge in [0.05, 0.1) is 16.4 Å². The maximum Gasteiger partial charge on any atom is 0.243 e. The molecule has 2 saturated heterocycles. The molecule has 0 saturated carbocycles. The Hall–Kier alpha value is -1.45. The lowest BCUT2D eigenvalue weighted by molar-refractivity contribution is -0.117. The van der Waals surface area contributed by atoms with Crippen molar-refractivity contribution in [2.24, 2.45) is 0 Å². The van der Waals surface area contributed by atoms with E-state index in [1.165, 1.54) is 19.2 Å². The lowest BCUT2D eigenvalue weighted by atomic mass is 10.3. The molecule has 0 aliphatic carbocycles. The van der Waals surface area contributed by atoms with Crippen molar-refractivity contribution >= 4 is 31.5 Å². The zero-order valence-electron chi connectivity index (χ0n) is 13.4. The number of hydrogen-bond acceptors (Lipinski definition) is 5. The molecule has 132 valence electrons. The third-order valence-corrected chi connectivity index (χ3v) is 8.30. The van der Waals surface area contributed by atoms with Crippen LogP contribution in [0.5, 0.6) is 0 Å². The quantitative estimate of drug-likeness (QED) is 0.773. The fraction of sp³-hybridized carbons (Fsp3) is 0.533. The van der Waals surface area contributed by atoms with E-state index < -0.39 is 25.9 Å². The highest BCUT2D eigenvalue weighted by atomic mass is 32.2. The Bertz CT molecular complexity index is 846. The number of nitrogens with zero attached hydrogens (tertiary/aromatic N) is 2. The zero-order valence-corrected chi connectivity index (χ0v) is 15.0. The Labute approximate surface area is 142 Å². The number of sulfonamides is 1. The summed E-state index contributed by atoms with van der Waals surface area (Å²) in [5.74, 6) is -0.0738. The monoisotopic (exact) mass is 372 g/mol. The first-order valence-electron chi connectivity index (χ1n) is 7.80. The van der Waals surface area contributed by atoms with Gasteiger partial charge in [-0.15, -0.1) is 0 Å². The largest absolute Gasteiger partial charge is 0.312 e. The molecule has 7 nitrogen and oxygen atoms in total. The van der Waals surface area contributed by atoms with Crippen molar-refractivity contribution in [3.05, 3.63) is 24.3 Å². The third kappa shape index (κ3) is 3.20. The first-order valence-corrected chi connectivity index (χ1v) is 11.1. The second-order valence-electron chi connectivity index (χ2n) is 6.22. The molecule has 2 aliphatic heterocycles. The summed E-state index contributed by atoms with van der Waals surface area (Å²) in [7, 11) is -5.50. The average molecular weight is 372 g/mol. The van der Waals surface area contributed by atoms with Gasteiger partial charge in [-0.25, -0.2) is 16.8 Å². The molecule has 2 fully saturated rings.